The zero-order valence-corrected chi connectivity index (χ0v) is 14.1. The normalized spacial score (nSPS) is 15.0. The number of nitro benzene ring substituents is 1. The minimum absolute atomic E-state index is 0.164. The fraction of sp³-hybridized carbons (Fsp3) is 0.263. The average Bonchev–Trinajstić information content (AvgIpc) is 3.11. The first-order chi connectivity index (χ1) is 12.5. The second kappa shape index (κ2) is 7.23. The van der Waals surface area contributed by atoms with Crippen molar-refractivity contribution in [2.24, 2.45) is 0 Å². The van der Waals surface area contributed by atoms with Gasteiger partial charge in [-0.25, -0.2) is 0 Å². The van der Waals surface area contributed by atoms with Gasteiger partial charge < -0.3 is 10.6 Å². The van der Waals surface area contributed by atoms with Gasteiger partial charge in [0.05, 0.1) is 11.0 Å². The first kappa shape index (κ1) is 17.4. The van der Waals surface area contributed by atoms with Gasteiger partial charge in [-0.3, -0.25) is 14.9 Å². The molecule has 0 aromatic heterocycles. The molecule has 2 aromatic carbocycles. The van der Waals surface area contributed by atoms with E-state index in [9.17, 15) is 20.2 Å². The maximum absolute atomic E-state index is 12.5. The highest BCUT2D eigenvalue weighted by molar-refractivity contribution is 5.96. The second-order valence-electron chi connectivity index (χ2n) is 6.34. The molecule has 1 aliphatic carbocycles. The van der Waals surface area contributed by atoms with Crippen molar-refractivity contribution in [3.8, 4) is 6.07 Å². The number of nitro groups is 1. The predicted molar refractivity (Wildman–Crippen MR) is 97.1 cm³/mol. The molecule has 0 saturated heterocycles. The molecule has 1 saturated carbocycles. The Morgan fingerprint density at radius 3 is 2.46 bits per heavy atom. The molecular formula is C19H18N4O3. The minimum Gasteiger partial charge on any atom is -0.350 e. The monoisotopic (exact) mass is 350 g/mol. The lowest BCUT2D eigenvalue weighted by Crippen LogP contribution is -2.45. The number of amides is 1. The molecule has 1 amide bonds. The maximum atomic E-state index is 12.5. The Labute approximate surface area is 150 Å². The molecular weight excluding hydrogens is 332 g/mol. The van der Waals surface area contributed by atoms with E-state index < -0.39 is 16.4 Å². The zero-order valence-electron chi connectivity index (χ0n) is 14.1. The lowest BCUT2D eigenvalue weighted by atomic mass is 9.99. The highest BCUT2D eigenvalue weighted by Gasteiger charge is 2.35. The molecule has 1 aliphatic rings. The Hall–Kier alpha value is -3.40. The van der Waals surface area contributed by atoms with Crippen LogP contribution in [0.2, 0.25) is 0 Å². The Morgan fingerprint density at radius 1 is 1.15 bits per heavy atom. The highest BCUT2D eigenvalue weighted by Crippen LogP contribution is 2.31. The van der Waals surface area contributed by atoms with Crippen LogP contribution in [0.15, 0.2) is 48.5 Å². The highest BCUT2D eigenvalue weighted by atomic mass is 16.6. The first-order valence-corrected chi connectivity index (χ1v) is 8.37. The van der Waals surface area contributed by atoms with Gasteiger partial charge in [-0.05, 0) is 49.9 Å². The van der Waals surface area contributed by atoms with Crippen LogP contribution < -0.4 is 10.6 Å². The van der Waals surface area contributed by atoms with Gasteiger partial charge in [0.25, 0.3) is 11.6 Å². The molecule has 1 fully saturated rings. The molecule has 26 heavy (non-hydrogen) atoms. The van der Waals surface area contributed by atoms with E-state index in [2.05, 4.69) is 16.7 Å². The molecule has 0 heterocycles. The van der Waals surface area contributed by atoms with E-state index in [1.807, 2.05) is 18.2 Å². The van der Waals surface area contributed by atoms with Crippen LogP contribution in [-0.4, -0.2) is 16.4 Å². The van der Waals surface area contributed by atoms with Gasteiger partial charge >= 0.3 is 0 Å². The largest absolute Gasteiger partial charge is 0.350 e. The maximum Gasteiger partial charge on any atom is 0.293 e. The summed E-state index contributed by atoms with van der Waals surface area (Å²) in [4.78, 5) is 23.4. The third-order valence-corrected chi connectivity index (χ3v) is 4.53. The van der Waals surface area contributed by atoms with Gasteiger partial charge in [0.15, 0.2) is 0 Å². The number of nitrogens with one attached hydrogen (secondary N) is 2. The molecule has 0 bridgehead atoms. The predicted octanol–water partition coefficient (Wildman–Crippen LogP) is 3.90. The fourth-order valence-electron chi connectivity index (χ4n) is 3.14. The van der Waals surface area contributed by atoms with E-state index in [0.29, 0.717) is 24.2 Å². The molecule has 0 atom stereocenters. The lowest BCUT2D eigenvalue weighted by molar-refractivity contribution is -0.383. The Kier molecular flexibility index (Phi) is 4.85. The molecule has 0 unspecified atom stereocenters. The zero-order chi connectivity index (χ0) is 18.6. The third-order valence-electron chi connectivity index (χ3n) is 4.53. The Morgan fingerprint density at radius 2 is 1.85 bits per heavy atom. The molecule has 0 radical (unpaired) electrons. The van der Waals surface area contributed by atoms with E-state index in [1.165, 1.54) is 18.2 Å². The van der Waals surface area contributed by atoms with Gasteiger partial charge in [-0.15, -0.1) is 0 Å². The second-order valence-corrected chi connectivity index (χ2v) is 6.34. The third kappa shape index (κ3) is 3.64. The van der Waals surface area contributed by atoms with Crippen LogP contribution in [0, 0.1) is 21.4 Å². The molecule has 0 aliphatic heterocycles. The summed E-state index contributed by atoms with van der Waals surface area (Å²) in [5.74, 6) is -0.470. The topological polar surface area (TPSA) is 108 Å². The summed E-state index contributed by atoms with van der Waals surface area (Å²) in [5.41, 5.74) is 0.110. The van der Waals surface area contributed by atoms with Crippen LogP contribution in [0.4, 0.5) is 17.1 Å². The number of benzene rings is 2. The van der Waals surface area contributed by atoms with Crippen LogP contribution in [0.3, 0.4) is 0 Å². The number of hydrogen-bond donors (Lipinski definition) is 2. The number of carbonyl (C=O) groups excluding carboxylic acids is 1. The van der Waals surface area contributed by atoms with Crippen molar-refractivity contribution in [1.29, 1.82) is 5.26 Å². The molecule has 7 nitrogen and oxygen atoms in total. The standard InChI is InChI=1S/C19H18N4O3/c20-13-19(10-4-5-11-19)22-18(24)14-8-9-16(17(12-14)23(25)26)21-15-6-2-1-3-7-15/h1-3,6-9,12,21H,4-5,10-11H2,(H,22,24). The van der Waals surface area contributed by atoms with Crippen molar-refractivity contribution in [2.45, 2.75) is 31.2 Å². The summed E-state index contributed by atoms with van der Waals surface area (Å²) in [5, 5.41) is 26.5. The Balaban J connectivity index is 1.85. The summed E-state index contributed by atoms with van der Waals surface area (Å²) < 4.78 is 0. The quantitative estimate of drug-likeness (QED) is 0.628. The van der Waals surface area contributed by atoms with E-state index in [-0.39, 0.29) is 11.3 Å². The van der Waals surface area contributed by atoms with E-state index in [4.69, 9.17) is 0 Å². The van der Waals surface area contributed by atoms with Gasteiger partial charge in [-0.1, -0.05) is 18.2 Å². The lowest BCUT2D eigenvalue weighted by Gasteiger charge is -2.22. The number of nitrogens with zero attached hydrogens (tertiary/aromatic N) is 2. The molecule has 2 N–H and O–H groups in total. The molecule has 7 heteroatoms. The summed E-state index contributed by atoms with van der Waals surface area (Å²) in [6.45, 7) is 0. The van der Waals surface area contributed by atoms with Crippen LogP contribution in [-0.2, 0) is 0 Å². The van der Waals surface area contributed by atoms with Crippen molar-refractivity contribution in [1.82, 2.24) is 5.32 Å². The summed E-state index contributed by atoms with van der Waals surface area (Å²) in [6.07, 6.45) is 2.97. The Bertz CT molecular complexity index is 868. The first-order valence-electron chi connectivity index (χ1n) is 8.37. The van der Waals surface area contributed by atoms with Crippen molar-refractivity contribution in [3.63, 3.8) is 0 Å². The van der Waals surface area contributed by atoms with Crippen molar-refractivity contribution >= 4 is 23.0 Å². The van der Waals surface area contributed by atoms with E-state index >= 15 is 0 Å². The van der Waals surface area contributed by atoms with Gasteiger partial charge in [0, 0.05) is 17.3 Å². The van der Waals surface area contributed by atoms with Crippen LogP contribution in [0.25, 0.3) is 0 Å². The summed E-state index contributed by atoms with van der Waals surface area (Å²) in [6, 6.07) is 15.5. The molecule has 2 aromatic rings. The van der Waals surface area contributed by atoms with Gasteiger partial charge in [-0.2, -0.15) is 5.26 Å². The summed E-state index contributed by atoms with van der Waals surface area (Å²) >= 11 is 0. The van der Waals surface area contributed by atoms with Crippen LogP contribution in [0.5, 0.6) is 0 Å². The molecule has 3 rings (SSSR count). The van der Waals surface area contributed by atoms with E-state index in [0.717, 1.165) is 12.8 Å². The fourth-order valence-corrected chi connectivity index (χ4v) is 3.14. The average molecular weight is 350 g/mol. The SMILES string of the molecule is N#CC1(NC(=O)c2ccc(Nc3ccccc3)c([N+](=O)[O-])c2)CCCC1. The molecule has 132 valence electrons. The van der Waals surface area contributed by atoms with Gasteiger partial charge in [0.2, 0.25) is 0 Å². The number of anilines is 2. The minimum atomic E-state index is -0.868. The smallest absolute Gasteiger partial charge is 0.293 e. The number of para-hydroxylation sites is 1. The van der Waals surface area contributed by atoms with Crippen LogP contribution in [0.1, 0.15) is 36.0 Å². The number of rotatable bonds is 5. The van der Waals surface area contributed by atoms with Crippen LogP contribution >= 0.6 is 0 Å². The molecule has 0 spiro atoms. The van der Waals surface area contributed by atoms with Crippen molar-refractivity contribution in [2.75, 3.05) is 5.32 Å². The van der Waals surface area contributed by atoms with Crippen molar-refractivity contribution < 1.29 is 9.72 Å². The van der Waals surface area contributed by atoms with Gasteiger partial charge in [0.1, 0.15) is 11.2 Å². The van der Waals surface area contributed by atoms with E-state index in [1.54, 1.807) is 12.1 Å². The number of carbonyl (C=O) groups is 1. The number of hydrogen-bond acceptors (Lipinski definition) is 5. The number of nitriles is 1. The van der Waals surface area contributed by atoms with Crippen molar-refractivity contribution in [3.05, 3.63) is 64.2 Å². The summed E-state index contributed by atoms with van der Waals surface area (Å²) in [7, 11) is 0.